The van der Waals surface area contributed by atoms with Crippen LogP contribution in [-0.4, -0.2) is 20.3 Å². The Morgan fingerprint density at radius 1 is 0.973 bits per heavy atom. The van der Waals surface area contributed by atoms with Crippen molar-refractivity contribution >= 4 is 5.91 Å². The average molecular weight is 512 g/mol. The van der Waals surface area contributed by atoms with E-state index in [9.17, 15) is 31.9 Å². The number of hydrogen-bond donors (Lipinski definition) is 1. The van der Waals surface area contributed by atoms with E-state index in [-0.39, 0.29) is 11.3 Å². The maximum atomic E-state index is 13.7. The third-order valence-corrected chi connectivity index (χ3v) is 5.59. The van der Waals surface area contributed by atoms with E-state index in [0.717, 1.165) is 35.9 Å². The number of alkyl halides is 3. The van der Waals surface area contributed by atoms with Crippen LogP contribution < -0.4 is 16.6 Å². The van der Waals surface area contributed by atoms with E-state index in [0.29, 0.717) is 9.25 Å². The Kier molecular flexibility index (Phi) is 7.05. The number of halogens is 4. The molecule has 190 valence electrons. The molecule has 4 aromatic rings. The summed E-state index contributed by atoms with van der Waals surface area (Å²) in [4.78, 5) is 39.5. The molecule has 0 saturated heterocycles. The van der Waals surface area contributed by atoms with Gasteiger partial charge in [0.05, 0.1) is 23.8 Å². The van der Waals surface area contributed by atoms with Crippen molar-refractivity contribution < 1.29 is 22.4 Å². The molecule has 11 heteroatoms. The highest BCUT2D eigenvalue weighted by Gasteiger charge is 2.30. The van der Waals surface area contributed by atoms with Crippen molar-refractivity contribution in [3.8, 4) is 5.69 Å². The van der Waals surface area contributed by atoms with Crippen molar-refractivity contribution in [2.45, 2.75) is 25.7 Å². The summed E-state index contributed by atoms with van der Waals surface area (Å²) in [5.74, 6) is -1.49. The van der Waals surface area contributed by atoms with E-state index in [1.54, 1.807) is 37.3 Å². The number of hydrogen-bond acceptors (Lipinski definition) is 4. The first kappa shape index (κ1) is 25.5. The summed E-state index contributed by atoms with van der Waals surface area (Å²) in [6.07, 6.45) is -4.61. The van der Waals surface area contributed by atoms with Crippen LogP contribution in [0.3, 0.4) is 0 Å². The molecular formula is C26H20F4N4O3. The van der Waals surface area contributed by atoms with Crippen LogP contribution in [0.4, 0.5) is 17.6 Å². The fourth-order valence-corrected chi connectivity index (χ4v) is 3.66. The molecule has 0 spiro atoms. The second-order valence-electron chi connectivity index (χ2n) is 8.21. The first-order chi connectivity index (χ1) is 17.5. The summed E-state index contributed by atoms with van der Waals surface area (Å²) in [7, 11) is 0. The SMILES string of the molecule is C[C@H](NC(=O)c1nn(-c2ccc(C(F)(F)F)cc2)c(=O)n(Cc2cccc(F)c2)c1=O)c1ccccc1. The highest BCUT2D eigenvalue weighted by atomic mass is 19.4. The first-order valence-electron chi connectivity index (χ1n) is 11.1. The van der Waals surface area contributed by atoms with Gasteiger partial charge in [0.2, 0.25) is 5.69 Å². The second kappa shape index (κ2) is 10.2. The molecule has 1 heterocycles. The average Bonchev–Trinajstić information content (AvgIpc) is 2.87. The monoisotopic (exact) mass is 512 g/mol. The molecule has 0 aliphatic rings. The van der Waals surface area contributed by atoms with Crippen molar-refractivity contribution in [3.63, 3.8) is 0 Å². The summed E-state index contributed by atoms with van der Waals surface area (Å²) >= 11 is 0. The number of carbonyl (C=O) groups is 1. The van der Waals surface area contributed by atoms with Gasteiger partial charge in [0.1, 0.15) is 5.82 Å². The van der Waals surface area contributed by atoms with E-state index in [2.05, 4.69) is 10.4 Å². The molecular weight excluding hydrogens is 492 g/mol. The predicted octanol–water partition coefficient (Wildman–Crippen LogP) is 4.09. The molecule has 0 bridgehead atoms. The molecule has 37 heavy (non-hydrogen) atoms. The number of carbonyl (C=O) groups excluding carboxylic acids is 1. The summed E-state index contributed by atoms with van der Waals surface area (Å²) in [5.41, 5.74) is -2.75. The van der Waals surface area contributed by atoms with Crippen molar-refractivity contribution in [3.05, 3.63) is 128 Å². The smallest absolute Gasteiger partial charge is 0.344 e. The van der Waals surface area contributed by atoms with Gasteiger partial charge in [0.25, 0.3) is 11.5 Å². The van der Waals surface area contributed by atoms with Gasteiger partial charge in [-0.15, -0.1) is 0 Å². The van der Waals surface area contributed by atoms with E-state index < -0.39 is 53.0 Å². The lowest BCUT2D eigenvalue weighted by Gasteiger charge is -2.16. The zero-order valence-corrected chi connectivity index (χ0v) is 19.4. The first-order valence-corrected chi connectivity index (χ1v) is 11.1. The Labute approximate surface area is 207 Å². The number of benzene rings is 3. The van der Waals surface area contributed by atoms with Crippen molar-refractivity contribution in [2.75, 3.05) is 0 Å². The van der Waals surface area contributed by atoms with Crippen molar-refractivity contribution in [2.24, 2.45) is 0 Å². The molecule has 3 aromatic carbocycles. The predicted molar refractivity (Wildman–Crippen MR) is 127 cm³/mol. The summed E-state index contributed by atoms with van der Waals surface area (Å²) in [5, 5.41) is 6.55. The van der Waals surface area contributed by atoms with Gasteiger partial charge < -0.3 is 5.32 Å². The van der Waals surface area contributed by atoms with Gasteiger partial charge in [-0.2, -0.15) is 23.0 Å². The maximum Gasteiger partial charge on any atom is 0.416 e. The third kappa shape index (κ3) is 5.66. The van der Waals surface area contributed by atoms with E-state index >= 15 is 0 Å². The molecule has 1 atom stereocenters. The van der Waals surface area contributed by atoms with Crippen molar-refractivity contribution in [1.82, 2.24) is 19.7 Å². The van der Waals surface area contributed by atoms with Gasteiger partial charge in [0, 0.05) is 0 Å². The summed E-state index contributed by atoms with van der Waals surface area (Å²) < 4.78 is 54.1. The quantitative estimate of drug-likeness (QED) is 0.395. The third-order valence-electron chi connectivity index (χ3n) is 5.59. The van der Waals surface area contributed by atoms with Crippen molar-refractivity contribution in [1.29, 1.82) is 0 Å². The van der Waals surface area contributed by atoms with Gasteiger partial charge in [-0.3, -0.25) is 14.2 Å². The molecule has 4 rings (SSSR count). The highest BCUT2D eigenvalue weighted by Crippen LogP contribution is 2.29. The zero-order valence-electron chi connectivity index (χ0n) is 19.4. The van der Waals surface area contributed by atoms with Crippen LogP contribution in [0.2, 0.25) is 0 Å². The van der Waals surface area contributed by atoms with Crippen LogP contribution in [0, 0.1) is 5.82 Å². The Bertz CT molecular complexity index is 1550. The largest absolute Gasteiger partial charge is 0.416 e. The standard InChI is InChI=1S/C26H20F4N4O3/c1-16(18-7-3-2-4-8-18)31-23(35)22-24(36)33(15-17-6-5-9-20(27)14-17)25(37)34(32-22)21-12-10-19(11-13-21)26(28,29)30/h2-14,16H,15H2,1H3,(H,31,35)/t16-/m0/s1. The Balaban J connectivity index is 1.81. The van der Waals surface area contributed by atoms with Gasteiger partial charge in [-0.25, -0.2) is 9.18 Å². The Morgan fingerprint density at radius 2 is 1.65 bits per heavy atom. The molecule has 1 N–H and O–H groups in total. The number of nitrogens with zero attached hydrogens (tertiary/aromatic N) is 3. The van der Waals surface area contributed by atoms with Gasteiger partial charge >= 0.3 is 11.9 Å². The number of amides is 1. The Morgan fingerprint density at radius 3 is 2.27 bits per heavy atom. The number of nitrogens with one attached hydrogen (secondary N) is 1. The van der Waals surface area contributed by atoms with E-state index in [1.807, 2.05) is 0 Å². The topological polar surface area (TPSA) is 86.0 Å². The molecule has 0 saturated carbocycles. The fraction of sp³-hybridized carbons (Fsp3) is 0.154. The maximum absolute atomic E-state index is 13.7. The minimum absolute atomic E-state index is 0.101. The second-order valence-corrected chi connectivity index (χ2v) is 8.21. The minimum atomic E-state index is -4.61. The molecule has 0 aliphatic carbocycles. The molecule has 1 aromatic heterocycles. The fourth-order valence-electron chi connectivity index (χ4n) is 3.66. The molecule has 7 nitrogen and oxygen atoms in total. The zero-order chi connectivity index (χ0) is 26.7. The minimum Gasteiger partial charge on any atom is -0.344 e. The number of aromatic nitrogens is 3. The van der Waals surface area contributed by atoms with Crippen LogP contribution in [-0.2, 0) is 12.7 Å². The Hall–Kier alpha value is -4.54. The lowest BCUT2D eigenvalue weighted by molar-refractivity contribution is -0.137. The van der Waals surface area contributed by atoms with Crippen LogP contribution >= 0.6 is 0 Å². The van der Waals surface area contributed by atoms with Gasteiger partial charge in [-0.05, 0) is 54.4 Å². The lowest BCUT2D eigenvalue weighted by atomic mass is 10.1. The van der Waals surface area contributed by atoms with Gasteiger partial charge in [-0.1, -0.05) is 42.5 Å². The van der Waals surface area contributed by atoms with E-state index in [4.69, 9.17) is 0 Å². The van der Waals surface area contributed by atoms with Crippen LogP contribution in [0.1, 0.15) is 40.1 Å². The van der Waals surface area contributed by atoms with Gasteiger partial charge in [0.15, 0.2) is 0 Å². The summed E-state index contributed by atoms with van der Waals surface area (Å²) in [6.45, 7) is 1.29. The molecule has 0 aliphatic heterocycles. The number of rotatable bonds is 6. The molecule has 0 fully saturated rings. The lowest BCUT2D eigenvalue weighted by Crippen LogP contribution is -2.46. The van der Waals surface area contributed by atoms with Crippen LogP contribution in [0.5, 0.6) is 0 Å². The van der Waals surface area contributed by atoms with Crippen LogP contribution in [0.25, 0.3) is 5.69 Å². The molecule has 0 unspecified atom stereocenters. The van der Waals surface area contributed by atoms with Crippen LogP contribution in [0.15, 0.2) is 88.5 Å². The highest BCUT2D eigenvalue weighted by molar-refractivity contribution is 5.92. The van der Waals surface area contributed by atoms with E-state index in [1.165, 1.54) is 18.2 Å². The summed E-state index contributed by atoms with van der Waals surface area (Å²) in [6, 6.07) is 17.0. The molecule has 1 amide bonds. The molecule has 0 radical (unpaired) electrons. The normalized spacial score (nSPS) is 12.2.